The van der Waals surface area contributed by atoms with Gasteiger partial charge in [0, 0.05) is 5.54 Å². The van der Waals surface area contributed by atoms with Crippen LogP contribution in [-0.4, -0.2) is 37.6 Å². The number of rotatable bonds is 6. The number of para-hydroxylation sites is 1. The Morgan fingerprint density at radius 2 is 1.70 bits per heavy atom. The molecule has 2 aromatic rings. The minimum atomic E-state index is -4.61. The number of carbonyl (C=O) groups excluding carboxylic acids is 1. The number of likely N-dealkylation sites (N-methyl/N-ethyl adjacent to an activating group) is 1. The van der Waals surface area contributed by atoms with Crippen molar-refractivity contribution in [3.05, 3.63) is 65.2 Å². The first-order chi connectivity index (χ1) is 14.2. The third-order valence-corrected chi connectivity index (χ3v) is 6.07. The summed E-state index contributed by atoms with van der Waals surface area (Å²) in [7, 11) is 5.12. The molecule has 0 spiro atoms. The molecule has 0 radical (unpaired) electrons. The summed E-state index contributed by atoms with van der Waals surface area (Å²) in [6, 6.07) is 12.7. The standard InChI is InChI=1S/C23H27F3N2O2/c1-28(2)22(14-7-8-15-22)20(16-10-5-4-6-11-16)27-21(29)17-12-9-13-18(19(17)30-3)23(24,25)26/h4-6,9-13,20H,7-8,14-15H2,1-3H3,(H,27,29). The van der Waals surface area contributed by atoms with Crippen LogP contribution in [0.4, 0.5) is 13.2 Å². The smallest absolute Gasteiger partial charge is 0.419 e. The molecule has 1 aliphatic rings. The van der Waals surface area contributed by atoms with Gasteiger partial charge in [0.05, 0.1) is 24.3 Å². The zero-order valence-corrected chi connectivity index (χ0v) is 17.4. The Labute approximate surface area is 175 Å². The van der Waals surface area contributed by atoms with E-state index in [1.54, 1.807) is 0 Å². The van der Waals surface area contributed by atoms with E-state index in [4.69, 9.17) is 4.74 Å². The number of ether oxygens (including phenoxy) is 1. The summed E-state index contributed by atoms with van der Waals surface area (Å²) in [4.78, 5) is 15.4. The molecule has 3 rings (SSSR count). The van der Waals surface area contributed by atoms with E-state index in [-0.39, 0.29) is 17.1 Å². The molecule has 30 heavy (non-hydrogen) atoms. The number of methoxy groups -OCH3 is 1. The quantitative estimate of drug-likeness (QED) is 0.710. The largest absolute Gasteiger partial charge is 0.495 e. The zero-order chi connectivity index (χ0) is 21.9. The number of alkyl halides is 3. The fourth-order valence-corrected chi connectivity index (χ4v) is 4.52. The normalized spacial score (nSPS) is 17.0. The van der Waals surface area contributed by atoms with E-state index in [0.29, 0.717) is 0 Å². The van der Waals surface area contributed by atoms with Crippen LogP contribution >= 0.6 is 0 Å². The summed E-state index contributed by atoms with van der Waals surface area (Å²) in [5.41, 5.74) is -0.476. The molecule has 1 N–H and O–H groups in total. The van der Waals surface area contributed by atoms with Gasteiger partial charge in [0.1, 0.15) is 5.75 Å². The molecule has 0 bridgehead atoms. The second-order valence-electron chi connectivity index (χ2n) is 7.91. The molecule has 4 nitrogen and oxygen atoms in total. The van der Waals surface area contributed by atoms with Crippen LogP contribution in [0.1, 0.15) is 53.2 Å². The number of benzene rings is 2. The highest BCUT2D eigenvalue weighted by atomic mass is 19.4. The first kappa shape index (κ1) is 22.2. The summed E-state index contributed by atoms with van der Waals surface area (Å²) in [6.07, 6.45) is -0.773. The van der Waals surface area contributed by atoms with Crippen molar-refractivity contribution in [3.63, 3.8) is 0 Å². The van der Waals surface area contributed by atoms with Gasteiger partial charge in [-0.1, -0.05) is 49.2 Å². The van der Waals surface area contributed by atoms with Crippen LogP contribution in [0.3, 0.4) is 0 Å². The Morgan fingerprint density at radius 3 is 2.23 bits per heavy atom. The lowest BCUT2D eigenvalue weighted by Gasteiger charge is -2.44. The van der Waals surface area contributed by atoms with Crippen LogP contribution in [0.2, 0.25) is 0 Å². The summed E-state index contributed by atoms with van der Waals surface area (Å²) in [5.74, 6) is -1.04. The SMILES string of the molecule is COc1c(C(=O)NC(c2ccccc2)C2(N(C)C)CCCC2)cccc1C(F)(F)F. The van der Waals surface area contributed by atoms with Gasteiger partial charge in [0.15, 0.2) is 0 Å². The average Bonchev–Trinajstić information content (AvgIpc) is 3.22. The zero-order valence-electron chi connectivity index (χ0n) is 17.4. The number of carbonyl (C=O) groups is 1. The molecule has 1 amide bonds. The Morgan fingerprint density at radius 1 is 1.07 bits per heavy atom. The second-order valence-corrected chi connectivity index (χ2v) is 7.91. The first-order valence-electron chi connectivity index (χ1n) is 9.98. The Hall–Kier alpha value is -2.54. The van der Waals surface area contributed by atoms with E-state index < -0.39 is 23.4 Å². The third-order valence-electron chi connectivity index (χ3n) is 6.07. The highest BCUT2D eigenvalue weighted by molar-refractivity contribution is 5.97. The molecular formula is C23H27F3N2O2. The molecule has 1 aliphatic carbocycles. The molecule has 7 heteroatoms. The van der Waals surface area contributed by atoms with Gasteiger partial charge in [-0.3, -0.25) is 4.79 Å². The van der Waals surface area contributed by atoms with Crippen LogP contribution in [-0.2, 0) is 6.18 Å². The van der Waals surface area contributed by atoms with E-state index in [2.05, 4.69) is 10.2 Å². The lowest BCUT2D eigenvalue weighted by molar-refractivity contribution is -0.138. The minimum absolute atomic E-state index is 0.125. The van der Waals surface area contributed by atoms with E-state index in [1.165, 1.54) is 12.1 Å². The van der Waals surface area contributed by atoms with Crippen molar-refractivity contribution in [2.24, 2.45) is 0 Å². The molecule has 1 fully saturated rings. The number of hydrogen-bond donors (Lipinski definition) is 1. The Balaban J connectivity index is 2.03. The molecule has 162 valence electrons. The summed E-state index contributed by atoms with van der Waals surface area (Å²) in [5, 5.41) is 3.04. The van der Waals surface area contributed by atoms with Crippen LogP contribution < -0.4 is 10.1 Å². The van der Waals surface area contributed by atoms with Gasteiger partial charge in [-0.15, -0.1) is 0 Å². The predicted octanol–water partition coefficient (Wildman–Crippen LogP) is 5.06. The van der Waals surface area contributed by atoms with Crippen molar-refractivity contribution in [2.45, 2.75) is 43.4 Å². The van der Waals surface area contributed by atoms with Gasteiger partial charge >= 0.3 is 6.18 Å². The number of nitrogens with zero attached hydrogens (tertiary/aromatic N) is 1. The molecule has 1 unspecified atom stereocenters. The summed E-state index contributed by atoms with van der Waals surface area (Å²) >= 11 is 0. The summed E-state index contributed by atoms with van der Waals surface area (Å²) < 4.78 is 45.2. The van der Waals surface area contributed by atoms with Gasteiger partial charge < -0.3 is 15.0 Å². The fourth-order valence-electron chi connectivity index (χ4n) is 4.52. The first-order valence-corrected chi connectivity index (χ1v) is 9.98. The maximum absolute atomic E-state index is 13.4. The molecule has 1 saturated carbocycles. The maximum Gasteiger partial charge on any atom is 0.419 e. The lowest BCUT2D eigenvalue weighted by atomic mass is 9.82. The van der Waals surface area contributed by atoms with Crippen LogP contribution in [0.25, 0.3) is 0 Å². The van der Waals surface area contributed by atoms with Crippen molar-refractivity contribution in [1.29, 1.82) is 0 Å². The Kier molecular flexibility index (Phi) is 6.41. The summed E-state index contributed by atoms with van der Waals surface area (Å²) in [6.45, 7) is 0. The second kappa shape index (κ2) is 8.68. The highest BCUT2D eigenvalue weighted by Gasteiger charge is 2.45. The van der Waals surface area contributed by atoms with Gasteiger partial charge in [0.25, 0.3) is 5.91 Å². The van der Waals surface area contributed by atoms with Crippen molar-refractivity contribution >= 4 is 5.91 Å². The number of halogens is 3. The molecular weight excluding hydrogens is 393 g/mol. The van der Waals surface area contributed by atoms with Crippen LogP contribution in [0, 0.1) is 0 Å². The van der Waals surface area contributed by atoms with Gasteiger partial charge in [-0.05, 0) is 44.6 Å². The monoisotopic (exact) mass is 420 g/mol. The fraction of sp³-hybridized carbons (Fsp3) is 0.435. The molecule has 0 aromatic heterocycles. The number of amides is 1. The van der Waals surface area contributed by atoms with Crippen LogP contribution in [0.15, 0.2) is 48.5 Å². The molecule has 0 aliphatic heterocycles. The van der Waals surface area contributed by atoms with Crippen molar-refractivity contribution < 1.29 is 22.7 Å². The van der Waals surface area contributed by atoms with Crippen LogP contribution in [0.5, 0.6) is 5.75 Å². The molecule has 0 heterocycles. The van der Waals surface area contributed by atoms with E-state index in [1.807, 2.05) is 44.4 Å². The lowest BCUT2D eigenvalue weighted by Crippen LogP contribution is -2.53. The average molecular weight is 420 g/mol. The van der Waals surface area contributed by atoms with Crippen molar-refractivity contribution in [1.82, 2.24) is 10.2 Å². The van der Waals surface area contributed by atoms with E-state index in [9.17, 15) is 18.0 Å². The predicted molar refractivity (Wildman–Crippen MR) is 110 cm³/mol. The van der Waals surface area contributed by atoms with E-state index in [0.717, 1.165) is 44.4 Å². The van der Waals surface area contributed by atoms with Gasteiger partial charge in [0.2, 0.25) is 0 Å². The minimum Gasteiger partial charge on any atom is -0.495 e. The number of hydrogen-bond acceptors (Lipinski definition) is 3. The van der Waals surface area contributed by atoms with E-state index >= 15 is 0 Å². The Bertz CT molecular complexity index is 876. The molecule has 1 atom stereocenters. The van der Waals surface area contributed by atoms with Gasteiger partial charge in [-0.25, -0.2) is 0 Å². The van der Waals surface area contributed by atoms with Gasteiger partial charge in [-0.2, -0.15) is 13.2 Å². The molecule has 2 aromatic carbocycles. The maximum atomic E-state index is 13.4. The number of nitrogens with one attached hydrogen (secondary N) is 1. The third kappa shape index (κ3) is 4.17. The van der Waals surface area contributed by atoms with Crippen molar-refractivity contribution in [2.75, 3.05) is 21.2 Å². The van der Waals surface area contributed by atoms with Crippen molar-refractivity contribution in [3.8, 4) is 5.75 Å². The highest BCUT2D eigenvalue weighted by Crippen LogP contribution is 2.44. The topological polar surface area (TPSA) is 41.6 Å². The molecule has 0 saturated heterocycles.